The first kappa shape index (κ1) is 9.44. The van der Waals surface area contributed by atoms with Gasteiger partial charge in [0.1, 0.15) is 5.78 Å². The standard InChI is InChI=1S/C11H14O3/c1-2-14-11(13)9-3-7-5-10(12)6-8(7)4-9/h3,7-8H,2,4-6H2,1H3/t7-,8+/m1/s1. The van der Waals surface area contributed by atoms with Gasteiger partial charge in [0.05, 0.1) is 6.61 Å². The predicted molar refractivity (Wildman–Crippen MR) is 50.6 cm³/mol. The zero-order valence-corrected chi connectivity index (χ0v) is 8.29. The van der Waals surface area contributed by atoms with Crippen molar-refractivity contribution >= 4 is 11.8 Å². The van der Waals surface area contributed by atoms with Crippen molar-refractivity contribution in [2.24, 2.45) is 11.8 Å². The maximum atomic E-state index is 11.4. The van der Waals surface area contributed by atoms with Gasteiger partial charge in [-0.1, -0.05) is 6.08 Å². The fourth-order valence-corrected chi connectivity index (χ4v) is 2.36. The topological polar surface area (TPSA) is 43.4 Å². The molecule has 0 amide bonds. The van der Waals surface area contributed by atoms with Crippen molar-refractivity contribution in [2.45, 2.75) is 26.2 Å². The maximum Gasteiger partial charge on any atom is 0.333 e. The van der Waals surface area contributed by atoms with Crippen LogP contribution in [0.1, 0.15) is 26.2 Å². The lowest BCUT2D eigenvalue weighted by atomic mass is 10.00. The molecule has 1 saturated carbocycles. The van der Waals surface area contributed by atoms with E-state index < -0.39 is 0 Å². The molecule has 14 heavy (non-hydrogen) atoms. The first-order valence-corrected chi connectivity index (χ1v) is 5.10. The Labute approximate surface area is 83.1 Å². The van der Waals surface area contributed by atoms with Crippen molar-refractivity contribution in [2.75, 3.05) is 6.61 Å². The molecule has 2 atom stereocenters. The molecule has 0 aliphatic heterocycles. The van der Waals surface area contributed by atoms with E-state index in [0.29, 0.717) is 37.1 Å². The normalized spacial score (nSPS) is 30.1. The summed E-state index contributed by atoms with van der Waals surface area (Å²) in [5.74, 6) is 0.817. The molecule has 2 rings (SSSR count). The summed E-state index contributed by atoms with van der Waals surface area (Å²) in [4.78, 5) is 22.5. The highest BCUT2D eigenvalue weighted by atomic mass is 16.5. The molecule has 0 bridgehead atoms. The summed E-state index contributed by atoms with van der Waals surface area (Å²) in [5.41, 5.74) is 0.773. The molecule has 0 N–H and O–H groups in total. The molecule has 3 heteroatoms. The molecule has 0 aromatic carbocycles. The highest BCUT2D eigenvalue weighted by molar-refractivity contribution is 5.90. The lowest BCUT2D eigenvalue weighted by molar-refractivity contribution is -0.138. The second-order valence-corrected chi connectivity index (χ2v) is 3.99. The molecule has 0 aromatic heterocycles. The van der Waals surface area contributed by atoms with Crippen LogP contribution in [0.2, 0.25) is 0 Å². The Balaban J connectivity index is 2.02. The van der Waals surface area contributed by atoms with Gasteiger partial charge in [0.2, 0.25) is 0 Å². The van der Waals surface area contributed by atoms with Gasteiger partial charge in [-0.15, -0.1) is 0 Å². The second kappa shape index (κ2) is 3.56. The van der Waals surface area contributed by atoms with E-state index in [0.717, 1.165) is 12.0 Å². The Bertz CT molecular complexity index is 304. The van der Waals surface area contributed by atoms with E-state index in [2.05, 4.69) is 0 Å². The van der Waals surface area contributed by atoms with Crippen LogP contribution in [0, 0.1) is 11.8 Å². The van der Waals surface area contributed by atoms with Crippen LogP contribution in [0.4, 0.5) is 0 Å². The minimum Gasteiger partial charge on any atom is -0.463 e. The van der Waals surface area contributed by atoms with Crippen molar-refractivity contribution in [3.63, 3.8) is 0 Å². The Kier molecular flexibility index (Phi) is 2.40. The van der Waals surface area contributed by atoms with Crippen LogP contribution in [0.15, 0.2) is 11.6 Å². The van der Waals surface area contributed by atoms with E-state index in [4.69, 9.17) is 4.74 Å². The zero-order chi connectivity index (χ0) is 10.1. The Morgan fingerprint density at radius 2 is 2.29 bits per heavy atom. The van der Waals surface area contributed by atoms with E-state index in [9.17, 15) is 9.59 Å². The summed E-state index contributed by atoms with van der Waals surface area (Å²) >= 11 is 0. The summed E-state index contributed by atoms with van der Waals surface area (Å²) in [7, 11) is 0. The van der Waals surface area contributed by atoms with Gasteiger partial charge in [0.15, 0.2) is 0 Å². The summed E-state index contributed by atoms with van der Waals surface area (Å²) in [5, 5.41) is 0. The molecule has 2 aliphatic rings. The molecule has 0 unspecified atom stereocenters. The highest BCUT2D eigenvalue weighted by Gasteiger charge is 2.38. The van der Waals surface area contributed by atoms with Crippen LogP contribution in [0.3, 0.4) is 0 Å². The van der Waals surface area contributed by atoms with Gasteiger partial charge in [-0.2, -0.15) is 0 Å². The number of rotatable bonds is 2. The molecule has 1 fully saturated rings. The van der Waals surface area contributed by atoms with Crippen molar-refractivity contribution in [3.05, 3.63) is 11.6 Å². The maximum absolute atomic E-state index is 11.4. The Morgan fingerprint density at radius 3 is 2.93 bits per heavy atom. The summed E-state index contributed by atoms with van der Waals surface area (Å²) in [6.45, 7) is 2.22. The van der Waals surface area contributed by atoms with Gasteiger partial charge < -0.3 is 4.74 Å². The lowest BCUT2D eigenvalue weighted by Gasteiger charge is -2.05. The van der Waals surface area contributed by atoms with Crippen LogP contribution in [0.25, 0.3) is 0 Å². The van der Waals surface area contributed by atoms with Crippen molar-refractivity contribution in [1.29, 1.82) is 0 Å². The molecule has 3 nitrogen and oxygen atoms in total. The number of carbonyl (C=O) groups excluding carboxylic acids is 2. The number of ketones is 1. The number of carbonyl (C=O) groups is 2. The predicted octanol–water partition coefficient (Wildman–Crippen LogP) is 1.47. The summed E-state index contributed by atoms with van der Waals surface area (Å²) in [6, 6.07) is 0. The molecule has 2 aliphatic carbocycles. The number of allylic oxidation sites excluding steroid dienone is 1. The molecule has 0 spiro atoms. The van der Waals surface area contributed by atoms with E-state index in [1.807, 2.05) is 6.08 Å². The number of Topliss-reactive ketones (excluding diaryl/α,β-unsaturated/α-hetero) is 1. The van der Waals surface area contributed by atoms with E-state index in [-0.39, 0.29) is 5.97 Å². The van der Waals surface area contributed by atoms with Gasteiger partial charge in [0.25, 0.3) is 0 Å². The molecule has 0 aromatic rings. The zero-order valence-electron chi connectivity index (χ0n) is 8.29. The SMILES string of the molecule is CCOC(=O)C1=C[C@@H]2CC(=O)C[C@@H]2C1. The monoisotopic (exact) mass is 194 g/mol. The first-order valence-electron chi connectivity index (χ1n) is 5.10. The van der Waals surface area contributed by atoms with Gasteiger partial charge in [-0.25, -0.2) is 4.79 Å². The smallest absolute Gasteiger partial charge is 0.333 e. The minimum atomic E-state index is -0.200. The number of ether oxygens (including phenoxy) is 1. The molecule has 0 heterocycles. The van der Waals surface area contributed by atoms with Crippen LogP contribution < -0.4 is 0 Å². The van der Waals surface area contributed by atoms with Crippen LogP contribution in [-0.2, 0) is 14.3 Å². The van der Waals surface area contributed by atoms with Gasteiger partial charge in [0, 0.05) is 18.4 Å². The van der Waals surface area contributed by atoms with E-state index in [1.54, 1.807) is 6.92 Å². The van der Waals surface area contributed by atoms with E-state index in [1.165, 1.54) is 0 Å². The fraction of sp³-hybridized carbons (Fsp3) is 0.636. The largest absolute Gasteiger partial charge is 0.463 e. The Morgan fingerprint density at radius 1 is 1.50 bits per heavy atom. The summed E-state index contributed by atoms with van der Waals surface area (Å²) in [6.07, 6.45) is 3.93. The molecule has 0 saturated heterocycles. The van der Waals surface area contributed by atoms with Crippen molar-refractivity contribution in [3.8, 4) is 0 Å². The summed E-state index contributed by atoms with van der Waals surface area (Å²) < 4.78 is 4.93. The molecular weight excluding hydrogens is 180 g/mol. The van der Waals surface area contributed by atoms with Crippen molar-refractivity contribution in [1.82, 2.24) is 0 Å². The Hall–Kier alpha value is -1.12. The highest BCUT2D eigenvalue weighted by Crippen LogP contribution is 2.41. The number of hydrogen-bond donors (Lipinski definition) is 0. The van der Waals surface area contributed by atoms with Gasteiger partial charge in [-0.3, -0.25) is 4.79 Å². The number of fused-ring (bicyclic) bond motifs is 1. The average Bonchev–Trinajstić information content (AvgIpc) is 2.61. The van der Waals surface area contributed by atoms with E-state index >= 15 is 0 Å². The third-order valence-electron chi connectivity index (χ3n) is 2.99. The van der Waals surface area contributed by atoms with Gasteiger partial charge in [-0.05, 0) is 25.2 Å². The third-order valence-corrected chi connectivity index (χ3v) is 2.99. The molecular formula is C11H14O3. The van der Waals surface area contributed by atoms with Gasteiger partial charge >= 0.3 is 5.97 Å². The molecule has 76 valence electrons. The lowest BCUT2D eigenvalue weighted by Crippen LogP contribution is -2.07. The fourth-order valence-electron chi connectivity index (χ4n) is 2.36. The van der Waals surface area contributed by atoms with Crippen molar-refractivity contribution < 1.29 is 14.3 Å². The quantitative estimate of drug-likeness (QED) is 0.625. The average molecular weight is 194 g/mol. The molecule has 0 radical (unpaired) electrons. The van der Waals surface area contributed by atoms with Crippen LogP contribution in [0.5, 0.6) is 0 Å². The second-order valence-electron chi connectivity index (χ2n) is 3.99. The minimum absolute atomic E-state index is 0.200. The van der Waals surface area contributed by atoms with Crippen LogP contribution >= 0.6 is 0 Å². The number of hydrogen-bond acceptors (Lipinski definition) is 3. The third kappa shape index (κ3) is 1.59. The number of esters is 1. The first-order chi connectivity index (χ1) is 6.70. The van der Waals surface area contributed by atoms with Crippen LogP contribution in [-0.4, -0.2) is 18.4 Å².